The Morgan fingerprint density at radius 2 is 2.38 bits per heavy atom. The van der Waals surface area contributed by atoms with Crippen LogP contribution in [-0.4, -0.2) is 15.7 Å². The van der Waals surface area contributed by atoms with E-state index in [4.69, 9.17) is 0 Å². The summed E-state index contributed by atoms with van der Waals surface area (Å²) in [6.07, 6.45) is 6.89. The molecule has 2 heterocycles. The number of hydrogen-bond acceptors (Lipinski definition) is 2. The molecule has 0 N–H and O–H groups in total. The fourth-order valence-electron chi connectivity index (χ4n) is 1.16. The van der Waals surface area contributed by atoms with Crippen molar-refractivity contribution in [2.24, 2.45) is 0 Å². The molecule has 0 fully saturated rings. The Kier molecular flexibility index (Phi) is 2.14. The number of rotatable bonds is 1. The van der Waals surface area contributed by atoms with E-state index in [-0.39, 0.29) is 10.7 Å². The van der Waals surface area contributed by atoms with Crippen LogP contribution >= 0.6 is 15.9 Å². The Morgan fingerprint density at radius 3 is 2.92 bits per heavy atom. The number of hydrogen-bond donors (Lipinski definition) is 0. The summed E-state index contributed by atoms with van der Waals surface area (Å²) in [7, 11) is 0. The normalized spacial score (nSPS) is 21.2. The van der Waals surface area contributed by atoms with Crippen LogP contribution in [-0.2, 0) is 4.79 Å². The summed E-state index contributed by atoms with van der Waals surface area (Å²) in [4.78, 5) is 16.8. The molecule has 13 heavy (non-hydrogen) atoms. The quantitative estimate of drug-likeness (QED) is 0.699. The van der Waals surface area contributed by atoms with E-state index in [1.807, 2.05) is 6.07 Å². The number of anilines is 1. The summed E-state index contributed by atoms with van der Waals surface area (Å²) >= 11 is 3.24. The van der Waals surface area contributed by atoms with Crippen LogP contribution in [0, 0.1) is 0 Å². The first-order chi connectivity index (χ1) is 6.29. The lowest BCUT2D eigenvalue weighted by molar-refractivity contribution is -0.116. The monoisotopic (exact) mass is 238 g/mol. The third-order valence-electron chi connectivity index (χ3n) is 1.80. The predicted octanol–water partition coefficient (Wildman–Crippen LogP) is 1.71. The zero-order valence-corrected chi connectivity index (χ0v) is 8.31. The average molecular weight is 239 g/mol. The molecule has 0 radical (unpaired) electrons. The van der Waals surface area contributed by atoms with Crippen molar-refractivity contribution in [1.29, 1.82) is 0 Å². The van der Waals surface area contributed by atoms with Crippen LogP contribution in [0.3, 0.4) is 0 Å². The molecule has 1 atom stereocenters. The fraction of sp³-hybridized carbons (Fsp3) is 0.111. The standard InChI is InChI=1S/C9H7BrN2O/c10-8-3-5-12(9(8)13)7-2-1-4-11-6-7/h1-6,8H. The number of halogens is 1. The molecule has 1 aromatic rings. The van der Waals surface area contributed by atoms with Gasteiger partial charge in [-0.1, -0.05) is 15.9 Å². The van der Waals surface area contributed by atoms with Crippen LogP contribution in [0.4, 0.5) is 5.69 Å². The second kappa shape index (κ2) is 3.30. The summed E-state index contributed by atoms with van der Waals surface area (Å²) in [5, 5.41) is 0. The molecule has 1 aromatic heterocycles. The van der Waals surface area contributed by atoms with E-state index in [0.29, 0.717) is 0 Å². The first-order valence-electron chi connectivity index (χ1n) is 3.84. The van der Waals surface area contributed by atoms with Gasteiger partial charge in [-0.05, 0) is 18.2 Å². The van der Waals surface area contributed by atoms with Crippen molar-refractivity contribution in [2.45, 2.75) is 4.83 Å². The van der Waals surface area contributed by atoms with Gasteiger partial charge in [0.1, 0.15) is 4.83 Å². The lowest BCUT2D eigenvalue weighted by Gasteiger charge is -2.13. The molecule has 0 aliphatic carbocycles. The zero-order chi connectivity index (χ0) is 9.26. The van der Waals surface area contributed by atoms with Gasteiger partial charge < -0.3 is 0 Å². The van der Waals surface area contributed by atoms with Gasteiger partial charge in [0, 0.05) is 12.4 Å². The van der Waals surface area contributed by atoms with Crippen molar-refractivity contribution in [1.82, 2.24) is 4.98 Å². The summed E-state index contributed by atoms with van der Waals surface area (Å²) < 4.78 is 0. The lowest BCUT2D eigenvalue weighted by atomic mass is 10.4. The van der Waals surface area contributed by atoms with Crippen molar-refractivity contribution < 1.29 is 4.79 Å². The largest absolute Gasteiger partial charge is 0.285 e. The maximum Gasteiger partial charge on any atom is 0.248 e. The van der Waals surface area contributed by atoms with Gasteiger partial charge in [0.2, 0.25) is 5.91 Å². The van der Waals surface area contributed by atoms with Gasteiger partial charge in [0.05, 0.1) is 11.9 Å². The molecule has 0 saturated carbocycles. The number of nitrogens with zero attached hydrogens (tertiary/aromatic N) is 2. The van der Waals surface area contributed by atoms with E-state index >= 15 is 0 Å². The first-order valence-corrected chi connectivity index (χ1v) is 4.76. The molecule has 2 rings (SSSR count). The highest BCUT2D eigenvalue weighted by atomic mass is 79.9. The van der Waals surface area contributed by atoms with Crippen molar-refractivity contribution in [2.75, 3.05) is 4.90 Å². The average Bonchev–Trinajstić information content (AvgIpc) is 2.49. The van der Waals surface area contributed by atoms with Crippen molar-refractivity contribution in [3.8, 4) is 0 Å². The minimum absolute atomic E-state index is 0.0213. The second-order valence-corrected chi connectivity index (χ2v) is 3.65. The molecule has 0 aromatic carbocycles. The van der Waals surface area contributed by atoms with Crippen molar-refractivity contribution in [3.05, 3.63) is 36.8 Å². The minimum Gasteiger partial charge on any atom is -0.285 e. The van der Waals surface area contributed by atoms with E-state index in [2.05, 4.69) is 20.9 Å². The molecule has 1 amide bonds. The Bertz CT molecular complexity index is 350. The van der Waals surface area contributed by atoms with E-state index in [0.717, 1.165) is 5.69 Å². The van der Waals surface area contributed by atoms with Gasteiger partial charge >= 0.3 is 0 Å². The summed E-state index contributed by atoms with van der Waals surface area (Å²) in [6, 6.07) is 3.65. The molecule has 1 aliphatic heterocycles. The minimum atomic E-state index is -0.201. The molecule has 3 nitrogen and oxygen atoms in total. The fourth-order valence-corrected chi connectivity index (χ4v) is 1.52. The van der Waals surface area contributed by atoms with Crippen LogP contribution in [0.5, 0.6) is 0 Å². The van der Waals surface area contributed by atoms with E-state index in [1.54, 1.807) is 35.6 Å². The number of alkyl halides is 1. The smallest absolute Gasteiger partial charge is 0.248 e. The SMILES string of the molecule is O=C1C(Br)C=CN1c1cccnc1. The number of carbonyl (C=O) groups excluding carboxylic acids is 1. The Hall–Kier alpha value is -1.16. The number of carbonyl (C=O) groups is 1. The van der Waals surface area contributed by atoms with Crippen LogP contribution in [0.1, 0.15) is 0 Å². The highest BCUT2D eigenvalue weighted by molar-refractivity contribution is 9.10. The van der Waals surface area contributed by atoms with E-state index in [9.17, 15) is 4.79 Å². The Morgan fingerprint density at radius 1 is 1.54 bits per heavy atom. The molecular weight excluding hydrogens is 232 g/mol. The van der Waals surface area contributed by atoms with Crippen LogP contribution in [0.2, 0.25) is 0 Å². The number of pyridine rings is 1. The van der Waals surface area contributed by atoms with Crippen LogP contribution < -0.4 is 4.90 Å². The highest BCUT2D eigenvalue weighted by Crippen LogP contribution is 2.21. The van der Waals surface area contributed by atoms with Crippen molar-refractivity contribution in [3.63, 3.8) is 0 Å². The zero-order valence-electron chi connectivity index (χ0n) is 6.72. The molecule has 66 valence electrons. The van der Waals surface area contributed by atoms with Gasteiger partial charge in [-0.3, -0.25) is 14.7 Å². The summed E-state index contributed by atoms with van der Waals surface area (Å²) in [6.45, 7) is 0. The first kappa shape index (κ1) is 8.44. The van der Waals surface area contributed by atoms with E-state index < -0.39 is 0 Å². The third-order valence-corrected chi connectivity index (χ3v) is 2.50. The van der Waals surface area contributed by atoms with Gasteiger partial charge in [-0.15, -0.1) is 0 Å². The molecule has 1 unspecified atom stereocenters. The van der Waals surface area contributed by atoms with Crippen LogP contribution in [0.25, 0.3) is 0 Å². The van der Waals surface area contributed by atoms with Gasteiger partial charge in [-0.25, -0.2) is 0 Å². The molecular formula is C9H7BrN2O. The second-order valence-electron chi connectivity index (χ2n) is 2.66. The maximum atomic E-state index is 11.5. The molecule has 4 heteroatoms. The van der Waals surface area contributed by atoms with E-state index in [1.165, 1.54) is 0 Å². The van der Waals surface area contributed by atoms with Gasteiger partial charge in [0.15, 0.2) is 0 Å². The summed E-state index contributed by atoms with van der Waals surface area (Å²) in [5.41, 5.74) is 0.797. The Labute approximate surface area is 84.2 Å². The lowest BCUT2D eigenvalue weighted by Crippen LogP contribution is -2.25. The predicted molar refractivity (Wildman–Crippen MR) is 53.6 cm³/mol. The van der Waals surface area contributed by atoms with Gasteiger partial charge in [-0.2, -0.15) is 0 Å². The number of amides is 1. The molecule has 0 saturated heterocycles. The molecule has 0 spiro atoms. The molecule has 0 bridgehead atoms. The third kappa shape index (κ3) is 1.49. The highest BCUT2D eigenvalue weighted by Gasteiger charge is 2.24. The number of aromatic nitrogens is 1. The molecule has 1 aliphatic rings. The van der Waals surface area contributed by atoms with Gasteiger partial charge in [0.25, 0.3) is 0 Å². The Balaban J connectivity index is 2.30. The maximum absolute atomic E-state index is 11.5. The van der Waals surface area contributed by atoms with Crippen LogP contribution in [0.15, 0.2) is 36.8 Å². The topological polar surface area (TPSA) is 33.2 Å². The van der Waals surface area contributed by atoms with Crippen molar-refractivity contribution >= 4 is 27.5 Å². The summed E-state index contributed by atoms with van der Waals surface area (Å²) in [5.74, 6) is 0.0213.